The molecule has 0 bridgehead atoms. The fourth-order valence-corrected chi connectivity index (χ4v) is 10.7. The highest BCUT2D eigenvalue weighted by Crippen LogP contribution is 2.30. The summed E-state index contributed by atoms with van der Waals surface area (Å²) in [5.41, 5.74) is 45.4. The maximum Gasteiger partial charge on any atom is 0.250 e. The summed E-state index contributed by atoms with van der Waals surface area (Å²) in [7, 11) is 0. The van der Waals surface area contributed by atoms with Crippen molar-refractivity contribution in [3.63, 3.8) is 0 Å². The van der Waals surface area contributed by atoms with Crippen LogP contribution in [0.25, 0.3) is 0 Å². The minimum Gasteiger partial charge on any atom is -0.389 e. The van der Waals surface area contributed by atoms with Crippen LogP contribution in [-0.2, 0) is 19.2 Å². The van der Waals surface area contributed by atoms with Crippen molar-refractivity contribution in [2.75, 3.05) is 32.3 Å². The van der Waals surface area contributed by atoms with E-state index >= 15 is 0 Å². The second-order valence-corrected chi connectivity index (χ2v) is 26.8. The Morgan fingerprint density at radius 1 is 0.505 bits per heavy atom. The minimum atomic E-state index is -0.538. The molecule has 0 aliphatic rings. The molecule has 4 atom stereocenters. The van der Waals surface area contributed by atoms with Crippen molar-refractivity contribution in [1.29, 1.82) is 15.8 Å². The maximum atomic E-state index is 12.3. The lowest BCUT2D eigenvalue weighted by Gasteiger charge is -2.19. The van der Waals surface area contributed by atoms with Gasteiger partial charge in [-0.05, 0) is 228 Å². The van der Waals surface area contributed by atoms with Gasteiger partial charge in [0.1, 0.15) is 57.2 Å². The topological polar surface area (TPSA) is 478 Å². The number of carbonyl (C=O) groups is 5. The number of anilines is 8. The van der Waals surface area contributed by atoms with Gasteiger partial charge in [-0.3, -0.25) is 34.5 Å². The first kappa shape index (κ1) is 84.2. The number of nitrogens with zero attached hydrogens (tertiary/aromatic N) is 6. The van der Waals surface area contributed by atoms with Crippen LogP contribution in [0.5, 0.6) is 0 Å². The van der Waals surface area contributed by atoms with Gasteiger partial charge in [0.05, 0.1) is 56.8 Å². The van der Waals surface area contributed by atoms with Crippen LogP contribution in [0.2, 0.25) is 0 Å². The first-order chi connectivity index (χ1) is 44.6. The summed E-state index contributed by atoms with van der Waals surface area (Å²) in [5, 5.41) is 56.7. The summed E-state index contributed by atoms with van der Waals surface area (Å²) < 4.78 is 25.9. The second kappa shape index (κ2) is 43.9. The Balaban J connectivity index is 0.000000598. The number of hydrogen-bond donors (Lipinski definition) is 14. The number of nitrogens with two attached hydrogens (primary N) is 7. The van der Waals surface area contributed by atoms with E-state index in [-0.39, 0.29) is 17.6 Å². The van der Waals surface area contributed by atoms with E-state index in [0.717, 1.165) is 43.5 Å². The Kier molecular flexibility index (Phi) is 38.9. The molecule has 0 unspecified atom stereocenters. The largest absolute Gasteiger partial charge is 0.389 e. The molecule has 7 aromatic rings. The molecule has 0 saturated heterocycles. The third-order valence-corrected chi connectivity index (χ3v) is 15.9. The van der Waals surface area contributed by atoms with Gasteiger partial charge in [-0.2, -0.15) is 28.9 Å². The van der Waals surface area contributed by atoms with Crippen molar-refractivity contribution in [3.8, 4) is 18.2 Å². The molecule has 21 N–H and O–H groups in total. The van der Waals surface area contributed by atoms with Crippen molar-refractivity contribution >= 4 is 139 Å². The van der Waals surface area contributed by atoms with Crippen LogP contribution in [0.4, 0.5) is 47.8 Å². The Labute approximate surface area is 583 Å². The van der Waals surface area contributed by atoms with Gasteiger partial charge >= 0.3 is 0 Å². The van der Waals surface area contributed by atoms with Crippen LogP contribution in [0.1, 0.15) is 125 Å². The molecule has 0 spiro atoms. The van der Waals surface area contributed by atoms with Gasteiger partial charge in [-0.25, -0.2) is 4.39 Å². The fraction of sp³-hybridized carbons (Fsp3) is 0.359. The van der Waals surface area contributed by atoms with Gasteiger partial charge in [0.25, 0.3) is 5.91 Å². The molecular weight excluding hydrogens is 1410 g/mol. The summed E-state index contributed by atoms with van der Waals surface area (Å²) in [6, 6.07) is 29.5. The number of hydrogen-bond acceptors (Lipinski definition) is 23. The quantitative estimate of drug-likeness (QED) is 0.0209. The lowest BCUT2D eigenvalue weighted by Crippen LogP contribution is -2.37. The predicted octanol–water partition coefficient (Wildman–Crippen LogP) is 12.0. The molecular formula is C64H85Br2FN18O7S3. The van der Waals surface area contributed by atoms with Crippen LogP contribution < -0.4 is 66.7 Å². The third kappa shape index (κ3) is 33.7. The fourth-order valence-electron chi connectivity index (χ4n) is 7.94. The summed E-state index contributed by atoms with van der Waals surface area (Å²) in [4.78, 5) is 56.6. The van der Waals surface area contributed by atoms with Gasteiger partial charge in [0.2, 0.25) is 23.6 Å². The van der Waals surface area contributed by atoms with Gasteiger partial charge in [0, 0.05) is 26.0 Å². The van der Waals surface area contributed by atoms with Crippen LogP contribution in [0.3, 0.4) is 0 Å². The number of nitriles is 3. The van der Waals surface area contributed by atoms with Crippen molar-refractivity contribution in [3.05, 3.63) is 145 Å². The third-order valence-electron chi connectivity index (χ3n) is 12.2. The zero-order valence-corrected chi connectivity index (χ0v) is 60.2. The first-order valence-electron chi connectivity index (χ1n) is 29.2. The van der Waals surface area contributed by atoms with E-state index in [1.807, 2.05) is 106 Å². The molecule has 25 nitrogen and oxygen atoms in total. The van der Waals surface area contributed by atoms with Crippen LogP contribution >= 0.6 is 66.5 Å². The zero-order valence-electron chi connectivity index (χ0n) is 54.6. The SMILES string of the molecule is CC(C)C[C@@H](N)C(N)=O.CC(C)C[C@@H](Nc1ccc(C#N)c(Br)c1)C(N)=O.Cc1cc(N)sn1.Cc1cc(Nc2cc(N[C@H](CC(C)C)C(N)=O)ccc2C#N)sn1.Cc1cc(Nc2cc(N[C@H](CC(C)C)C(N)=O)ccc2C(N)=O)sn1.N#Cc1ccc(F)cc1Br.OO. The Hall–Kier alpha value is -8.84. The highest BCUT2D eigenvalue weighted by atomic mass is 79.9. The molecule has 5 amide bonds. The van der Waals surface area contributed by atoms with E-state index in [1.165, 1.54) is 52.8 Å². The average Bonchev–Trinajstić information content (AvgIpc) is 1.83. The number of nitrogens with one attached hydrogen (secondary N) is 5. The summed E-state index contributed by atoms with van der Waals surface area (Å²) in [5.74, 6) is -1.01. The standard InChI is InChI=1S/C17H23N5O2S.C17H21N5OS.C13H16BrN3O.C7H3BrFN.C6H14N2O.C4H6N2S.H2O2/c1-9(2)6-14(17(19)24)20-11-4-5-12(16(18)23)13(8-11)21-15-7-10(3)22-25-15;1-10(2)6-15(17(19)23)20-13-5-4-12(9-18)14(8-13)21-16-7-11(3)22-24-16;1-8(2)5-12(13(16)18)17-10-4-3-9(7-15)11(14)6-10;8-7-3-6(9)2-1-5(7)4-10;1-4(2)3-5(7)6(8)9;1-3-2-4(5)7-6-3;1-2/h4-5,7-9,14,20-21H,6H2,1-3H3,(H2,18,23)(H2,19,24);4-5,7-8,10,15,20-21H,6H2,1-3H3,(H2,19,23);3-4,6,8,12,17H,5H2,1-2H3,(H2,16,18);1-3H;4-5H,3,7H2,1-2H3,(H2,8,9);2H,5H2,1H3;1-2H/t14-;15-;12-;;5-;;/m111.1../s1. The molecule has 512 valence electrons. The molecule has 3 aromatic heterocycles. The van der Waals surface area contributed by atoms with Crippen molar-refractivity contribution in [2.45, 2.75) is 126 Å². The number of primary amides is 5. The monoisotopic (exact) mass is 1490 g/mol. The highest BCUT2D eigenvalue weighted by molar-refractivity contribution is 9.10. The van der Waals surface area contributed by atoms with Crippen LogP contribution in [0, 0.1) is 84.3 Å². The van der Waals surface area contributed by atoms with Crippen LogP contribution in [-0.4, -0.2) is 77.3 Å². The molecule has 0 fully saturated rings. The van der Waals surface area contributed by atoms with E-state index in [9.17, 15) is 33.6 Å². The van der Waals surface area contributed by atoms with Crippen molar-refractivity contribution < 1.29 is 38.9 Å². The lowest BCUT2D eigenvalue weighted by atomic mass is 10.0. The Bertz CT molecular complexity index is 3700. The average molecular weight is 1490 g/mol. The predicted molar refractivity (Wildman–Crippen MR) is 385 cm³/mol. The molecule has 4 aromatic carbocycles. The molecule has 3 heterocycles. The number of aryl methyl sites for hydroxylation is 3. The normalized spacial score (nSPS) is 11.4. The molecule has 7 rings (SSSR count). The maximum absolute atomic E-state index is 12.3. The summed E-state index contributed by atoms with van der Waals surface area (Å²) in [6.45, 7) is 21.9. The molecule has 0 radical (unpaired) electrons. The molecule has 95 heavy (non-hydrogen) atoms. The van der Waals surface area contributed by atoms with Gasteiger partial charge < -0.3 is 66.7 Å². The number of benzene rings is 4. The van der Waals surface area contributed by atoms with Gasteiger partial charge in [-0.1, -0.05) is 55.4 Å². The van der Waals surface area contributed by atoms with Crippen molar-refractivity contribution in [2.24, 2.45) is 58.1 Å². The summed E-state index contributed by atoms with van der Waals surface area (Å²) >= 11 is 10.3. The van der Waals surface area contributed by atoms with E-state index in [4.69, 9.17) is 61.2 Å². The number of amides is 5. The number of carbonyl (C=O) groups excluding carboxylic acids is 5. The number of aromatic nitrogens is 3. The zero-order chi connectivity index (χ0) is 72.2. The van der Waals surface area contributed by atoms with Crippen LogP contribution in [0.15, 0.2) is 99.9 Å². The molecule has 0 aliphatic heterocycles. The number of rotatable bonds is 23. The first-order valence-corrected chi connectivity index (χ1v) is 33.1. The smallest absolute Gasteiger partial charge is 0.250 e. The lowest BCUT2D eigenvalue weighted by molar-refractivity contribution is -0.176. The number of nitrogen functional groups attached to an aromatic ring is 1. The van der Waals surface area contributed by atoms with Crippen molar-refractivity contribution in [1.82, 2.24) is 13.1 Å². The van der Waals surface area contributed by atoms with E-state index in [2.05, 4.69) is 83.7 Å². The van der Waals surface area contributed by atoms with E-state index < -0.39 is 41.9 Å². The summed E-state index contributed by atoms with van der Waals surface area (Å²) in [6.07, 6.45) is 2.61. The second-order valence-electron chi connectivity index (χ2n) is 22.6. The van der Waals surface area contributed by atoms with Gasteiger partial charge in [0.15, 0.2) is 0 Å². The molecule has 0 aliphatic carbocycles. The highest BCUT2D eigenvalue weighted by Gasteiger charge is 2.21. The van der Waals surface area contributed by atoms with E-state index in [1.54, 1.807) is 48.5 Å². The Morgan fingerprint density at radius 2 is 0.863 bits per heavy atom. The van der Waals surface area contributed by atoms with E-state index in [0.29, 0.717) is 97.6 Å². The number of halogens is 3. The molecule has 31 heteroatoms. The molecule has 0 saturated carbocycles. The minimum absolute atomic E-state index is 0.313. The Morgan fingerprint density at radius 3 is 1.17 bits per heavy atom. The van der Waals surface area contributed by atoms with Gasteiger partial charge in [-0.15, -0.1) is 0 Å².